The van der Waals surface area contributed by atoms with E-state index in [0.29, 0.717) is 5.92 Å². The summed E-state index contributed by atoms with van der Waals surface area (Å²) in [6.07, 6.45) is 8.78. The van der Waals surface area contributed by atoms with E-state index < -0.39 is 0 Å². The molecular weight excluding hydrogens is 398 g/mol. The number of fused-ring (bicyclic) bond motifs is 1. The molecule has 0 bridgehead atoms. The average molecular weight is 422 g/mol. The number of piperidine rings is 1. The number of nitrogens with zero attached hydrogens (tertiary/aromatic N) is 3. The lowest BCUT2D eigenvalue weighted by atomic mass is 9.98. The fourth-order valence-corrected chi connectivity index (χ4v) is 5.36. The standard InChI is InChI=1S/C24H24ClN3S/c1-27-7-2-3-17(13-27)14-28-15-23(22-10-21(25)4-5-24(22)28)20-9-19(11-26-12-20)18-6-8-29-16-18/h4-6,8-12,15-17H,2-3,7,13-14H2,1H3. The van der Waals surface area contributed by atoms with Crippen LogP contribution in [0.3, 0.4) is 0 Å². The summed E-state index contributed by atoms with van der Waals surface area (Å²) in [6, 6.07) is 10.6. The molecule has 1 fully saturated rings. The van der Waals surface area contributed by atoms with Crippen molar-refractivity contribution >= 4 is 33.8 Å². The van der Waals surface area contributed by atoms with Crippen LogP contribution in [0.15, 0.2) is 59.7 Å². The molecule has 0 N–H and O–H groups in total. The van der Waals surface area contributed by atoms with E-state index in [1.165, 1.54) is 41.4 Å². The molecular formula is C24H24ClN3S. The first kappa shape index (κ1) is 18.9. The van der Waals surface area contributed by atoms with Gasteiger partial charge in [0.15, 0.2) is 0 Å². The quantitative estimate of drug-likeness (QED) is 0.378. The maximum absolute atomic E-state index is 6.38. The summed E-state index contributed by atoms with van der Waals surface area (Å²) in [7, 11) is 2.23. The van der Waals surface area contributed by atoms with E-state index in [2.05, 4.69) is 62.7 Å². The maximum atomic E-state index is 6.38. The second kappa shape index (κ2) is 7.94. The van der Waals surface area contributed by atoms with Crippen molar-refractivity contribution in [1.82, 2.24) is 14.5 Å². The molecule has 1 atom stereocenters. The van der Waals surface area contributed by atoms with Gasteiger partial charge in [0.25, 0.3) is 0 Å². The number of pyridine rings is 1. The van der Waals surface area contributed by atoms with Gasteiger partial charge in [-0.05, 0) is 79.0 Å². The zero-order valence-electron chi connectivity index (χ0n) is 16.5. The summed E-state index contributed by atoms with van der Waals surface area (Å²) in [6.45, 7) is 3.42. The molecule has 0 radical (unpaired) electrons. The van der Waals surface area contributed by atoms with Crippen LogP contribution in [0.25, 0.3) is 33.2 Å². The number of hydrogen-bond acceptors (Lipinski definition) is 3. The van der Waals surface area contributed by atoms with Gasteiger partial charge < -0.3 is 9.47 Å². The van der Waals surface area contributed by atoms with Gasteiger partial charge in [-0.15, -0.1) is 0 Å². The number of likely N-dealkylation sites (tertiary alicyclic amines) is 1. The second-order valence-electron chi connectivity index (χ2n) is 8.10. The minimum atomic E-state index is 0.683. The summed E-state index contributed by atoms with van der Waals surface area (Å²) in [4.78, 5) is 6.99. The molecule has 3 nitrogen and oxygen atoms in total. The van der Waals surface area contributed by atoms with E-state index in [1.807, 2.05) is 18.5 Å². The molecule has 1 aliphatic rings. The van der Waals surface area contributed by atoms with Crippen molar-refractivity contribution in [3.63, 3.8) is 0 Å². The highest BCUT2D eigenvalue weighted by molar-refractivity contribution is 7.08. The minimum Gasteiger partial charge on any atom is -0.347 e. The third kappa shape index (κ3) is 3.85. The van der Waals surface area contributed by atoms with Crippen LogP contribution in [0.4, 0.5) is 0 Å². The number of thiophene rings is 1. The normalized spacial score (nSPS) is 17.8. The number of rotatable bonds is 4. The van der Waals surface area contributed by atoms with E-state index in [4.69, 9.17) is 11.6 Å². The van der Waals surface area contributed by atoms with Crippen molar-refractivity contribution in [3.05, 3.63) is 64.7 Å². The van der Waals surface area contributed by atoms with Crippen LogP contribution in [-0.4, -0.2) is 34.6 Å². The Morgan fingerprint density at radius 2 is 2.03 bits per heavy atom. The van der Waals surface area contributed by atoms with Crippen LogP contribution in [0.2, 0.25) is 5.02 Å². The molecule has 0 aliphatic carbocycles. The number of halogens is 1. The lowest BCUT2D eigenvalue weighted by Gasteiger charge is -2.30. The summed E-state index contributed by atoms with van der Waals surface area (Å²) in [5, 5.41) is 6.25. The predicted molar refractivity (Wildman–Crippen MR) is 124 cm³/mol. The molecule has 1 saturated heterocycles. The van der Waals surface area contributed by atoms with Crippen molar-refractivity contribution in [2.45, 2.75) is 19.4 Å². The molecule has 1 aliphatic heterocycles. The van der Waals surface area contributed by atoms with Gasteiger partial charge in [-0.3, -0.25) is 4.98 Å². The lowest BCUT2D eigenvalue weighted by molar-refractivity contribution is 0.196. The minimum absolute atomic E-state index is 0.683. The van der Waals surface area contributed by atoms with Gasteiger partial charge in [-0.1, -0.05) is 11.6 Å². The molecule has 0 spiro atoms. The van der Waals surface area contributed by atoms with Gasteiger partial charge >= 0.3 is 0 Å². The highest BCUT2D eigenvalue weighted by atomic mass is 35.5. The molecule has 0 saturated carbocycles. The van der Waals surface area contributed by atoms with E-state index >= 15 is 0 Å². The molecule has 29 heavy (non-hydrogen) atoms. The van der Waals surface area contributed by atoms with Crippen LogP contribution in [-0.2, 0) is 6.54 Å². The molecule has 5 rings (SSSR count). The van der Waals surface area contributed by atoms with Crippen LogP contribution in [0, 0.1) is 5.92 Å². The summed E-state index contributed by atoms with van der Waals surface area (Å²) < 4.78 is 2.42. The van der Waals surface area contributed by atoms with E-state index in [-0.39, 0.29) is 0 Å². The zero-order chi connectivity index (χ0) is 19.8. The van der Waals surface area contributed by atoms with Crippen LogP contribution < -0.4 is 0 Å². The highest BCUT2D eigenvalue weighted by Crippen LogP contribution is 2.35. The van der Waals surface area contributed by atoms with Crippen molar-refractivity contribution in [1.29, 1.82) is 0 Å². The zero-order valence-corrected chi connectivity index (χ0v) is 18.1. The van der Waals surface area contributed by atoms with Gasteiger partial charge in [-0.25, -0.2) is 0 Å². The van der Waals surface area contributed by atoms with Crippen molar-refractivity contribution in [2.75, 3.05) is 20.1 Å². The molecule has 148 valence electrons. The third-order valence-corrected chi connectivity index (χ3v) is 6.84. The molecule has 1 unspecified atom stereocenters. The van der Waals surface area contributed by atoms with Crippen LogP contribution in [0.5, 0.6) is 0 Å². The summed E-state index contributed by atoms with van der Waals surface area (Å²) >= 11 is 8.09. The monoisotopic (exact) mass is 421 g/mol. The number of hydrogen-bond donors (Lipinski definition) is 0. The van der Waals surface area contributed by atoms with E-state index in [0.717, 1.165) is 29.2 Å². The third-order valence-electron chi connectivity index (χ3n) is 5.92. The van der Waals surface area contributed by atoms with Crippen molar-refractivity contribution in [2.24, 2.45) is 5.92 Å². The molecule has 3 aromatic heterocycles. The van der Waals surface area contributed by atoms with Crippen LogP contribution in [0.1, 0.15) is 12.8 Å². The summed E-state index contributed by atoms with van der Waals surface area (Å²) in [5.41, 5.74) is 5.97. The first-order chi connectivity index (χ1) is 14.2. The molecule has 5 heteroatoms. The van der Waals surface area contributed by atoms with Crippen LogP contribution >= 0.6 is 22.9 Å². The number of benzene rings is 1. The molecule has 4 aromatic rings. The Labute approximate surface area is 180 Å². The fraction of sp³-hybridized carbons (Fsp3) is 0.292. The first-order valence-electron chi connectivity index (χ1n) is 10.1. The average Bonchev–Trinajstić information content (AvgIpc) is 3.37. The van der Waals surface area contributed by atoms with Gasteiger partial charge in [0.05, 0.1) is 0 Å². The number of aromatic nitrogens is 2. The van der Waals surface area contributed by atoms with Crippen molar-refractivity contribution < 1.29 is 0 Å². The molecule has 1 aromatic carbocycles. The Hall–Kier alpha value is -2.14. The Kier molecular flexibility index (Phi) is 5.17. The maximum Gasteiger partial charge on any atom is 0.0487 e. The second-order valence-corrected chi connectivity index (χ2v) is 9.32. The topological polar surface area (TPSA) is 21.1 Å². The van der Waals surface area contributed by atoms with Gasteiger partial charge in [0.2, 0.25) is 0 Å². The van der Waals surface area contributed by atoms with Crippen molar-refractivity contribution in [3.8, 4) is 22.3 Å². The Morgan fingerprint density at radius 1 is 1.14 bits per heavy atom. The molecule has 0 amide bonds. The summed E-state index contributed by atoms with van der Waals surface area (Å²) in [5.74, 6) is 0.683. The Balaban J connectivity index is 1.57. The smallest absolute Gasteiger partial charge is 0.0487 e. The van der Waals surface area contributed by atoms with Gasteiger partial charge in [0.1, 0.15) is 0 Å². The lowest BCUT2D eigenvalue weighted by Crippen LogP contribution is -2.33. The largest absolute Gasteiger partial charge is 0.347 e. The predicted octanol–water partition coefficient (Wildman–Crippen LogP) is 6.43. The Morgan fingerprint density at radius 3 is 2.86 bits per heavy atom. The van der Waals surface area contributed by atoms with E-state index in [1.54, 1.807) is 11.3 Å². The highest BCUT2D eigenvalue weighted by Gasteiger charge is 2.20. The SMILES string of the molecule is CN1CCCC(Cn2cc(-c3cncc(-c4ccsc4)c3)c3cc(Cl)ccc32)C1. The Bertz CT molecular complexity index is 1130. The van der Waals surface area contributed by atoms with E-state index in [9.17, 15) is 0 Å². The first-order valence-corrected chi connectivity index (χ1v) is 11.4. The fourth-order valence-electron chi connectivity index (χ4n) is 4.52. The van der Waals surface area contributed by atoms with Gasteiger partial charge in [-0.2, -0.15) is 11.3 Å². The van der Waals surface area contributed by atoms with Gasteiger partial charge in [0, 0.05) is 64.3 Å². The molecule has 4 heterocycles.